The van der Waals surface area contributed by atoms with Crippen molar-refractivity contribution in [3.8, 4) is 0 Å². The normalized spacial score (nSPS) is 23.8. The Morgan fingerprint density at radius 1 is 1.06 bits per heavy atom. The van der Waals surface area contributed by atoms with E-state index >= 15 is 0 Å². The second-order valence-corrected chi connectivity index (χ2v) is 6.07. The van der Waals surface area contributed by atoms with Gasteiger partial charge in [0.25, 0.3) is 0 Å². The molecule has 4 nitrogen and oxygen atoms in total. The smallest absolute Gasteiger partial charge is 0.0410 e. The van der Waals surface area contributed by atoms with E-state index in [4.69, 9.17) is 5.21 Å². The van der Waals surface area contributed by atoms with Crippen molar-refractivity contribution in [3.63, 3.8) is 0 Å². The van der Waals surface area contributed by atoms with E-state index in [1.807, 2.05) is 19.3 Å². The lowest BCUT2D eigenvalue weighted by Gasteiger charge is -2.48. The Hall–Kier alpha value is -0.160. The molecule has 4 heteroatoms. The van der Waals surface area contributed by atoms with Crippen LogP contribution in [0.25, 0.3) is 0 Å². The fourth-order valence-corrected chi connectivity index (χ4v) is 1.98. The van der Waals surface area contributed by atoms with Crippen LogP contribution < -0.4 is 5.48 Å². The van der Waals surface area contributed by atoms with Crippen LogP contribution in [0.15, 0.2) is 0 Å². The summed E-state index contributed by atoms with van der Waals surface area (Å²) in [5.74, 6) is 0. The van der Waals surface area contributed by atoms with Crippen molar-refractivity contribution in [3.05, 3.63) is 0 Å². The van der Waals surface area contributed by atoms with E-state index in [-0.39, 0.29) is 17.1 Å². The number of hydroxylamine groups is 3. The van der Waals surface area contributed by atoms with E-state index in [1.165, 1.54) is 11.5 Å². The van der Waals surface area contributed by atoms with Crippen LogP contribution in [-0.2, 0) is 0 Å². The highest BCUT2D eigenvalue weighted by atomic mass is 16.5. The summed E-state index contributed by atoms with van der Waals surface area (Å²) in [6.45, 7) is 12.1. The van der Waals surface area contributed by atoms with Gasteiger partial charge in [-0.25, -0.2) is 5.48 Å². The van der Waals surface area contributed by atoms with Crippen LogP contribution in [0.3, 0.4) is 0 Å². The van der Waals surface area contributed by atoms with E-state index in [2.05, 4.69) is 27.7 Å². The quantitative estimate of drug-likeness (QED) is 0.608. The first-order valence-corrected chi connectivity index (χ1v) is 6.02. The molecular formula is C12H28N2O2. The van der Waals surface area contributed by atoms with Crippen molar-refractivity contribution in [2.75, 3.05) is 0 Å². The molecule has 98 valence electrons. The Morgan fingerprint density at radius 3 is 1.56 bits per heavy atom. The van der Waals surface area contributed by atoms with E-state index in [0.29, 0.717) is 0 Å². The second kappa shape index (κ2) is 5.96. The molecule has 1 aliphatic rings. The van der Waals surface area contributed by atoms with Gasteiger partial charge in [-0.1, -0.05) is 0 Å². The molecule has 0 unspecified atom stereocenters. The molecule has 0 aromatic heterocycles. The molecule has 1 aliphatic heterocycles. The Labute approximate surface area is 99.6 Å². The topological polar surface area (TPSA) is 55.7 Å². The van der Waals surface area contributed by atoms with E-state index in [0.717, 1.165) is 12.8 Å². The predicted octanol–water partition coefficient (Wildman–Crippen LogP) is 2.79. The minimum absolute atomic E-state index is 0.0399. The molecule has 1 heterocycles. The summed E-state index contributed by atoms with van der Waals surface area (Å²) in [7, 11) is 0. The standard InChI is InChI=1S/C9H19NO.C3H9NO/c1-8(2)6-5-7-9(3,4)10(8)11;1-3(2)4-5/h11H,5-7H2,1-4H3;3-5H,1-2H3. The predicted molar refractivity (Wildman–Crippen MR) is 65.7 cm³/mol. The number of hydrogen-bond donors (Lipinski definition) is 3. The van der Waals surface area contributed by atoms with Crippen LogP contribution in [0.1, 0.15) is 60.8 Å². The Balaban J connectivity index is 0.000000385. The van der Waals surface area contributed by atoms with Crippen molar-refractivity contribution in [1.82, 2.24) is 10.5 Å². The van der Waals surface area contributed by atoms with Crippen molar-refractivity contribution in [2.24, 2.45) is 0 Å². The van der Waals surface area contributed by atoms with Gasteiger partial charge in [0.05, 0.1) is 0 Å². The van der Waals surface area contributed by atoms with Crippen LogP contribution in [0.2, 0.25) is 0 Å². The molecule has 0 aliphatic carbocycles. The zero-order valence-corrected chi connectivity index (χ0v) is 11.5. The first kappa shape index (κ1) is 15.8. The molecule has 1 fully saturated rings. The van der Waals surface area contributed by atoms with Crippen LogP contribution in [-0.4, -0.2) is 32.6 Å². The molecule has 16 heavy (non-hydrogen) atoms. The maximum absolute atomic E-state index is 9.80. The summed E-state index contributed by atoms with van der Waals surface area (Å²) >= 11 is 0. The molecule has 1 saturated heterocycles. The van der Waals surface area contributed by atoms with Crippen molar-refractivity contribution < 1.29 is 10.4 Å². The third-order valence-corrected chi connectivity index (χ3v) is 2.98. The molecular weight excluding hydrogens is 204 g/mol. The third kappa shape index (κ3) is 4.78. The lowest BCUT2D eigenvalue weighted by atomic mass is 9.82. The van der Waals surface area contributed by atoms with Gasteiger partial charge in [-0.3, -0.25) is 0 Å². The van der Waals surface area contributed by atoms with E-state index in [9.17, 15) is 5.21 Å². The Bertz CT molecular complexity index is 187. The number of piperidine rings is 1. The third-order valence-electron chi connectivity index (χ3n) is 2.98. The van der Waals surface area contributed by atoms with Crippen molar-refractivity contribution >= 4 is 0 Å². The van der Waals surface area contributed by atoms with Gasteiger partial charge in [0.2, 0.25) is 0 Å². The average molecular weight is 232 g/mol. The minimum Gasteiger partial charge on any atom is -0.317 e. The maximum Gasteiger partial charge on any atom is 0.0410 e. The highest BCUT2D eigenvalue weighted by Gasteiger charge is 2.40. The molecule has 0 radical (unpaired) electrons. The molecule has 0 amide bonds. The summed E-state index contributed by atoms with van der Waals surface area (Å²) in [6.07, 6.45) is 3.40. The highest BCUT2D eigenvalue weighted by molar-refractivity contribution is 4.91. The molecule has 0 aromatic carbocycles. The van der Waals surface area contributed by atoms with Crippen LogP contribution in [0.5, 0.6) is 0 Å². The van der Waals surface area contributed by atoms with Crippen molar-refractivity contribution in [2.45, 2.75) is 77.9 Å². The van der Waals surface area contributed by atoms with Crippen LogP contribution >= 0.6 is 0 Å². The average Bonchev–Trinajstić information content (AvgIpc) is 2.15. The molecule has 0 bridgehead atoms. The molecule has 3 N–H and O–H groups in total. The molecule has 0 saturated carbocycles. The van der Waals surface area contributed by atoms with Gasteiger partial charge < -0.3 is 10.4 Å². The zero-order chi connectivity index (χ0) is 13.0. The van der Waals surface area contributed by atoms with Gasteiger partial charge in [-0.05, 0) is 60.8 Å². The van der Waals surface area contributed by atoms with Crippen LogP contribution in [0, 0.1) is 0 Å². The van der Waals surface area contributed by atoms with E-state index < -0.39 is 0 Å². The summed E-state index contributed by atoms with van der Waals surface area (Å²) in [5, 5.41) is 19.2. The van der Waals surface area contributed by atoms with Gasteiger partial charge >= 0.3 is 0 Å². The lowest BCUT2D eigenvalue weighted by molar-refractivity contribution is -0.241. The van der Waals surface area contributed by atoms with Crippen molar-refractivity contribution in [1.29, 1.82) is 0 Å². The number of nitrogens with one attached hydrogen (secondary N) is 1. The SMILES string of the molecule is CC(C)NO.CC1(C)CCCC(C)(C)N1O. The van der Waals surface area contributed by atoms with Crippen LogP contribution in [0.4, 0.5) is 0 Å². The molecule has 0 aromatic rings. The van der Waals surface area contributed by atoms with Gasteiger partial charge in [-0.15, -0.1) is 0 Å². The first-order valence-electron chi connectivity index (χ1n) is 6.02. The highest BCUT2D eigenvalue weighted by Crippen LogP contribution is 2.35. The number of rotatable bonds is 1. The van der Waals surface area contributed by atoms with Gasteiger partial charge in [0.15, 0.2) is 0 Å². The lowest BCUT2D eigenvalue weighted by Crippen LogP contribution is -2.56. The number of hydrogen-bond acceptors (Lipinski definition) is 4. The van der Waals surface area contributed by atoms with Gasteiger partial charge in [0.1, 0.15) is 0 Å². The summed E-state index contributed by atoms with van der Waals surface area (Å²) in [5.41, 5.74) is 1.95. The number of nitrogens with zero attached hydrogens (tertiary/aromatic N) is 1. The van der Waals surface area contributed by atoms with Gasteiger partial charge in [0, 0.05) is 17.1 Å². The monoisotopic (exact) mass is 232 g/mol. The summed E-state index contributed by atoms with van der Waals surface area (Å²) < 4.78 is 0. The minimum atomic E-state index is -0.0399. The molecule has 0 spiro atoms. The van der Waals surface area contributed by atoms with Gasteiger partial charge in [-0.2, -0.15) is 5.06 Å². The summed E-state index contributed by atoms with van der Waals surface area (Å²) in [6, 6.07) is 0.190. The second-order valence-electron chi connectivity index (χ2n) is 6.07. The largest absolute Gasteiger partial charge is 0.317 e. The van der Waals surface area contributed by atoms with E-state index in [1.54, 1.807) is 0 Å². The molecule has 1 rings (SSSR count). The summed E-state index contributed by atoms with van der Waals surface area (Å²) in [4.78, 5) is 0. The Kier molecular flexibility index (Phi) is 5.90. The fourth-order valence-electron chi connectivity index (χ4n) is 1.98. The Morgan fingerprint density at radius 2 is 1.38 bits per heavy atom. The zero-order valence-electron chi connectivity index (χ0n) is 11.5. The molecule has 0 atom stereocenters. The fraction of sp³-hybridized carbons (Fsp3) is 1.00. The first-order chi connectivity index (χ1) is 7.13. The maximum atomic E-state index is 9.80.